The lowest BCUT2D eigenvalue weighted by molar-refractivity contribution is 0.0162. The summed E-state index contributed by atoms with van der Waals surface area (Å²) >= 11 is 0. The first kappa shape index (κ1) is 23.9. The summed E-state index contributed by atoms with van der Waals surface area (Å²) in [7, 11) is 3.25. The number of hydrogen-bond donors (Lipinski definition) is 1. The Balaban J connectivity index is 1.60. The Bertz CT molecular complexity index is 1130. The molecule has 0 bridgehead atoms. The van der Waals surface area contributed by atoms with Crippen LogP contribution >= 0.6 is 0 Å². The smallest absolute Gasteiger partial charge is 0.255 e. The van der Waals surface area contributed by atoms with Crippen molar-refractivity contribution >= 4 is 16.7 Å². The Morgan fingerprint density at radius 1 is 0.971 bits per heavy atom. The highest BCUT2D eigenvalue weighted by Crippen LogP contribution is 2.32. The van der Waals surface area contributed by atoms with Crippen molar-refractivity contribution in [1.82, 2.24) is 10.2 Å². The van der Waals surface area contributed by atoms with Crippen LogP contribution in [0.25, 0.3) is 10.8 Å². The summed E-state index contributed by atoms with van der Waals surface area (Å²) in [5.74, 6) is 1.77. The molecule has 0 aromatic heterocycles. The number of methoxy groups -OCH3 is 2. The lowest BCUT2D eigenvalue weighted by Crippen LogP contribution is -2.43. The predicted molar refractivity (Wildman–Crippen MR) is 132 cm³/mol. The third kappa shape index (κ3) is 5.26. The van der Waals surface area contributed by atoms with E-state index >= 15 is 0 Å². The molecule has 1 amide bonds. The Morgan fingerprint density at radius 3 is 2.35 bits per heavy atom. The van der Waals surface area contributed by atoms with Crippen LogP contribution in [0.1, 0.15) is 28.9 Å². The van der Waals surface area contributed by atoms with Gasteiger partial charge >= 0.3 is 0 Å². The minimum Gasteiger partial charge on any atom is -0.493 e. The summed E-state index contributed by atoms with van der Waals surface area (Å²) in [6.45, 7) is 5.74. The number of ether oxygens (including phenoxy) is 4. The van der Waals surface area contributed by atoms with Gasteiger partial charge in [0.2, 0.25) is 0 Å². The van der Waals surface area contributed by atoms with Crippen molar-refractivity contribution in [2.24, 2.45) is 0 Å². The van der Waals surface area contributed by atoms with Crippen molar-refractivity contribution in [3.05, 3.63) is 65.7 Å². The third-order valence-corrected chi connectivity index (χ3v) is 6.13. The highest BCUT2D eigenvalue weighted by molar-refractivity contribution is 6.01. The van der Waals surface area contributed by atoms with E-state index in [9.17, 15) is 4.79 Å². The highest BCUT2D eigenvalue weighted by atomic mass is 16.5. The lowest BCUT2D eigenvalue weighted by atomic mass is 10.0. The lowest BCUT2D eigenvalue weighted by Gasteiger charge is -2.35. The molecule has 1 fully saturated rings. The summed E-state index contributed by atoms with van der Waals surface area (Å²) in [5, 5.41) is 5.19. The minimum absolute atomic E-state index is 0.0383. The molecule has 1 N–H and O–H groups in total. The average molecular weight is 465 g/mol. The fourth-order valence-electron chi connectivity index (χ4n) is 4.36. The summed E-state index contributed by atoms with van der Waals surface area (Å²) in [6.07, 6.45) is 0. The fourth-order valence-corrected chi connectivity index (χ4v) is 4.36. The van der Waals surface area contributed by atoms with Crippen LogP contribution in [0, 0.1) is 0 Å². The molecule has 1 aliphatic rings. The van der Waals surface area contributed by atoms with Gasteiger partial charge in [-0.3, -0.25) is 9.69 Å². The molecule has 1 saturated heterocycles. The van der Waals surface area contributed by atoms with Gasteiger partial charge in [0.25, 0.3) is 5.91 Å². The first-order chi connectivity index (χ1) is 16.6. The van der Waals surface area contributed by atoms with E-state index in [1.165, 1.54) is 0 Å². The third-order valence-electron chi connectivity index (χ3n) is 6.13. The Hall–Kier alpha value is -3.29. The van der Waals surface area contributed by atoms with Crippen molar-refractivity contribution in [1.29, 1.82) is 0 Å². The number of rotatable bonds is 9. The molecular weight excluding hydrogens is 432 g/mol. The molecule has 1 atom stereocenters. The molecule has 0 unspecified atom stereocenters. The standard InChI is InChI=1S/C27H32N2O5/c1-4-34-25-16-20-8-6-5-7-19(20)15-22(25)27(30)28-18-23(29-11-13-33-14-12-29)21-9-10-24(31-2)26(17-21)32-3/h5-10,15-17,23H,4,11-14,18H2,1-3H3,(H,28,30)/t23-/m0/s1. The van der Waals surface area contributed by atoms with Gasteiger partial charge in [0.15, 0.2) is 11.5 Å². The van der Waals surface area contributed by atoms with E-state index in [2.05, 4.69) is 10.2 Å². The second kappa shape index (κ2) is 11.2. The van der Waals surface area contributed by atoms with Gasteiger partial charge in [-0.05, 0) is 47.5 Å². The molecule has 7 heteroatoms. The Labute approximate surface area is 200 Å². The maximum Gasteiger partial charge on any atom is 0.255 e. The van der Waals surface area contributed by atoms with Gasteiger partial charge in [-0.15, -0.1) is 0 Å². The number of nitrogens with one attached hydrogen (secondary N) is 1. The molecule has 0 radical (unpaired) electrons. The number of carbonyl (C=O) groups is 1. The number of fused-ring (bicyclic) bond motifs is 1. The van der Waals surface area contributed by atoms with Crippen LogP contribution in [0.15, 0.2) is 54.6 Å². The van der Waals surface area contributed by atoms with Crippen molar-refractivity contribution < 1.29 is 23.7 Å². The second-order valence-electron chi connectivity index (χ2n) is 8.12. The average Bonchev–Trinajstić information content (AvgIpc) is 2.89. The SMILES string of the molecule is CCOc1cc2ccccc2cc1C(=O)NC[C@@H](c1ccc(OC)c(OC)c1)N1CCOCC1. The quantitative estimate of drug-likeness (QED) is 0.515. The summed E-state index contributed by atoms with van der Waals surface area (Å²) in [4.78, 5) is 15.7. The summed E-state index contributed by atoms with van der Waals surface area (Å²) in [6, 6.07) is 17.7. The first-order valence-electron chi connectivity index (χ1n) is 11.6. The van der Waals surface area contributed by atoms with Crippen LogP contribution in [0.2, 0.25) is 0 Å². The van der Waals surface area contributed by atoms with E-state index in [4.69, 9.17) is 18.9 Å². The maximum absolute atomic E-state index is 13.3. The van der Waals surface area contributed by atoms with Crippen molar-refractivity contribution in [3.8, 4) is 17.2 Å². The Kier molecular flexibility index (Phi) is 7.87. The number of benzene rings is 3. The van der Waals surface area contributed by atoms with Crippen LogP contribution in [0.4, 0.5) is 0 Å². The monoisotopic (exact) mass is 464 g/mol. The van der Waals surface area contributed by atoms with Crippen molar-refractivity contribution in [3.63, 3.8) is 0 Å². The zero-order chi connectivity index (χ0) is 23.9. The van der Waals surface area contributed by atoms with Crippen LogP contribution in [-0.2, 0) is 4.74 Å². The zero-order valence-electron chi connectivity index (χ0n) is 20.0. The fraction of sp³-hybridized carbons (Fsp3) is 0.370. The minimum atomic E-state index is -0.159. The molecule has 1 heterocycles. The van der Waals surface area contributed by atoms with Crippen LogP contribution in [-0.4, -0.2) is 64.5 Å². The van der Waals surface area contributed by atoms with Crippen molar-refractivity contribution in [2.45, 2.75) is 13.0 Å². The van der Waals surface area contributed by atoms with Gasteiger partial charge in [0.1, 0.15) is 5.75 Å². The second-order valence-corrected chi connectivity index (χ2v) is 8.12. The van der Waals surface area contributed by atoms with E-state index < -0.39 is 0 Å². The van der Waals surface area contributed by atoms with E-state index in [1.54, 1.807) is 14.2 Å². The molecule has 7 nitrogen and oxygen atoms in total. The molecule has 0 spiro atoms. The molecule has 3 aromatic rings. The maximum atomic E-state index is 13.3. The highest BCUT2D eigenvalue weighted by Gasteiger charge is 2.25. The number of nitrogens with zero attached hydrogens (tertiary/aromatic N) is 1. The van der Waals surface area contributed by atoms with Crippen LogP contribution < -0.4 is 19.5 Å². The van der Waals surface area contributed by atoms with Gasteiger partial charge in [-0.1, -0.05) is 30.3 Å². The van der Waals surface area contributed by atoms with Gasteiger partial charge < -0.3 is 24.3 Å². The van der Waals surface area contributed by atoms with Gasteiger partial charge in [0, 0.05) is 19.6 Å². The number of amides is 1. The molecule has 4 rings (SSSR count). The van der Waals surface area contributed by atoms with Gasteiger partial charge in [-0.2, -0.15) is 0 Å². The molecule has 0 aliphatic carbocycles. The van der Waals surface area contributed by atoms with E-state index in [-0.39, 0.29) is 11.9 Å². The van der Waals surface area contributed by atoms with E-state index in [1.807, 2.05) is 61.5 Å². The van der Waals surface area contributed by atoms with Gasteiger partial charge in [-0.25, -0.2) is 0 Å². The number of morpholine rings is 1. The number of carbonyl (C=O) groups excluding carboxylic acids is 1. The topological polar surface area (TPSA) is 69.3 Å². The van der Waals surface area contributed by atoms with E-state index in [0.29, 0.717) is 49.2 Å². The Morgan fingerprint density at radius 2 is 1.68 bits per heavy atom. The zero-order valence-corrected chi connectivity index (χ0v) is 20.0. The van der Waals surface area contributed by atoms with Crippen LogP contribution in [0.5, 0.6) is 17.2 Å². The molecule has 0 saturated carbocycles. The molecule has 180 valence electrons. The molecular formula is C27H32N2O5. The summed E-state index contributed by atoms with van der Waals surface area (Å²) < 4.78 is 22.3. The predicted octanol–water partition coefficient (Wildman–Crippen LogP) is 4.06. The molecule has 34 heavy (non-hydrogen) atoms. The molecule has 1 aliphatic heterocycles. The van der Waals surface area contributed by atoms with Crippen LogP contribution in [0.3, 0.4) is 0 Å². The first-order valence-corrected chi connectivity index (χ1v) is 11.6. The van der Waals surface area contributed by atoms with E-state index in [0.717, 1.165) is 29.4 Å². The van der Waals surface area contributed by atoms with Crippen molar-refractivity contribution in [2.75, 3.05) is 53.7 Å². The number of hydrogen-bond acceptors (Lipinski definition) is 6. The summed E-state index contributed by atoms with van der Waals surface area (Å²) in [5.41, 5.74) is 1.58. The normalized spacial score (nSPS) is 15.0. The molecule has 3 aromatic carbocycles. The largest absolute Gasteiger partial charge is 0.493 e. The van der Waals surface area contributed by atoms with Gasteiger partial charge in [0.05, 0.1) is 45.6 Å².